The van der Waals surface area contributed by atoms with Gasteiger partial charge >= 0.3 is 5.69 Å². The van der Waals surface area contributed by atoms with E-state index in [-0.39, 0.29) is 13.0 Å². The van der Waals surface area contributed by atoms with Crippen LogP contribution in [0.15, 0.2) is 187 Å². The number of hydrogen-bond donors (Lipinski definition) is 2. The first-order valence-electron chi connectivity index (χ1n) is 19.5. The lowest BCUT2D eigenvalue weighted by atomic mass is 9.80. The number of methoxy groups -OCH3 is 2. The summed E-state index contributed by atoms with van der Waals surface area (Å²) in [7, 11) is 3.26. The van der Waals surface area contributed by atoms with Crippen molar-refractivity contribution in [2.75, 3.05) is 25.5 Å². The molecule has 2 heterocycles. The van der Waals surface area contributed by atoms with Crippen molar-refractivity contribution in [1.29, 1.82) is 0 Å². The number of aliphatic hydroxyl groups excluding tert-OH is 1. The minimum atomic E-state index is -1.10. The van der Waals surface area contributed by atoms with E-state index in [1.807, 2.05) is 133 Å². The first kappa shape index (κ1) is 39.6. The number of nitrogens with one attached hydrogen (secondary N) is 1. The van der Waals surface area contributed by atoms with Gasteiger partial charge < -0.3 is 28.8 Å². The van der Waals surface area contributed by atoms with Crippen LogP contribution >= 0.6 is 11.9 Å². The molecular formula is C49H45N3O6S. The lowest BCUT2D eigenvalue weighted by Crippen LogP contribution is -2.38. The van der Waals surface area contributed by atoms with E-state index in [1.165, 1.54) is 16.5 Å². The van der Waals surface area contributed by atoms with Gasteiger partial charge in [0.25, 0.3) is 0 Å². The van der Waals surface area contributed by atoms with Crippen molar-refractivity contribution in [2.45, 2.75) is 35.2 Å². The highest BCUT2D eigenvalue weighted by atomic mass is 32.2. The highest BCUT2D eigenvalue weighted by Gasteiger charge is 2.42. The van der Waals surface area contributed by atoms with Crippen LogP contribution in [0.1, 0.15) is 46.0 Å². The molecule has 10 heteroatoms. The second kappa shape index (κ2) is 17.8. The largest absolute Gasteiger partial charge is 0.497 e. The van der Waals surface area contributed by atoms with Crippen LogP contribution in [0.3, 0.4) is 0 Å². The normalized spacial score (nSPS) is 16.7. The van der Waals surface area contributed by atoms with E-state index >= 15 is 0 Å². The van der Waals surface area contributed by atoms with Gasteiger partial charge in [0.1, 0.15) is 40.0 Å². The zero-order valence-corrected chi connectivity index (χ0v) is 33.6. The zero-order chi connectivity index (χ0) is 40.7. The van der Waals surface area contributed by atoms with E-state index in [2.05, 4.69) is 46.1 Å². The van der Waals surface area contributed by atoms with Gasteiger partial charge in [-0.25, -0.2) is 4.79 Å². The number of anilines is 1. The summed E-state index contributed by atoms with van der Waals surface area (Å²) in [6.45, 7) is 0.0175. The predicted molar refractivity (Wildman–Crippen MR) is 232 cm³/mol. The Balaban J connectivity index is 1.05. The van der Waals surface area contributed by atoms with Crippen molar-refractivity contribution < 1.29 is 24.1 Å². The molecule has 2 N–H and O–H groups in total. The number of rotatable bonds is 15. The molecule has 9 nitrogen and oxygen atoms in total. The Hall–Kier alpha value is -6.17. The standard InChI is InChI=1S/C49H45N3O6S/c1-55-41-27-23-36(24-28-41)48(35-15-7-3-8-16-35,37-25-29-42(56-2)30-26-37)57-34-44-43(53)33-46(58-44)52-32-31-45(50-47(52)54)51-59-49(38-17-9-4-10-18-38,39-19-11-5-12-20-39)40-21-13-6-14-22-40/h3-32,43-44,46,53H,33-34H2,1-2H3,(H,50,51,54)/t43-,44+,46+/m0/s1. The Morgan fingerprint density at radius 1 is 0.661 bits per heavy atom. The zero-order valence-electron chi connectivity index (χ0n) is 32.8. The maximum atomic E-state index is 13.7. The summed E-state index contributed by atoms with van der Waals surface area (Å²) >= 11 is 1.47. The lowest BCUT2D eigenvalue weighted by Gasteiger charge is -2.37. The van der Waals surface area contributed by atoms with Gasteiger partial charge in [0, 0.05) is 12.6 Å². The molecule has 1 aliphatic rings. The van der Waals surface area contributed by atoms with Crippen molar-refractivity contribution in [3.8, 4) is 11.5 Å². The lowest BCUT2D eigenvalue weighted by molar-refractivity contribution is -0.0944. The van der Waals surface area contributed by atoms with Crippen LogP contribution in [0.4, 0.5) is 5.82 Å². The number of nitrogens with zero attached hydrogens (tertiary/aromatic N) is 2. The van der Waals surface area contributed by atoms with Crippen LogP contribution in [0, 0.1) is 0 Å². The molecule has 59 heavy (non-hydrogen) atoms. The summed E-state index contributed by atoms with van der Waals surface area (Å²) in [6.07, 6.45) is -0.575. The molecule has 6 aromatic carbocycles. The molecule has 0 amide bonds. The average molecular weight is 804 g/mol. The Labute approximate surface area is 348 Å². The molecule has 0 unspecified atom stereocenters. The van der Waals surface area contributed by atoms with Crippen molar-refractivity contribution in [3.63, 3.8) is 0 Å². The second-order valence-corrected chi connectivity index (χ2v) is 15.3. The fourth-order valence-corrected chi connectivity index (χ4v) is 8.96. The van der Waals surface area contributed by atoms with E-state index in [0.717, 1.165) is 33.4 Å². The molecule has 7 aromatic rings. The fraction of sp³-hybridized carbons (Fsp3) is 0.184. The van der Waals surface area contributed by atoms with E-state index in [1.54, 1.807) is 26.5 Å². The minimum Gasteiger partial charge on any atom is -0.497 e. The summed E-state index contributed by atoms with van der Waals surface area (Å²) in [5.41, 5.74) is 4.21. The van der Waals surface area contributed by atoms with Gasteiger partial charge in [-0.15, -0.1) is 0 Å². The van der Waals surface area contributed by atoms with Crippen LogP contribution in [-0.2, 0) is 19.8 Å². The summed E-state index contributed by atoms with van der Waals surface area (Å²) in [6, 6.07) is 58.1. The molecule has 0 radical (unpaired) electrons. The Morgan fingerprint density at radius 3 is 1.54 bits per heavy atom. The molecule has 0 spiro atoms. The quantitative estimate of drug-likeness (QED) is 0.0777. The number of aromatic nitrogens is 2. The Morgan fingerprint density at radius 2 is 1.10 bits per heavy atom. The third kappa shape index (κ3) is 8.00. The van der Waals surface area contributed by atoms with Crippen molar-refractivity contribution in [1.82, 2.24) is 9.55 Å². The molecule has 0 bridgehead atoms. The van der Waals surface area contributed by atoms with Crippen molar-refractivity contribution >= 4 is 17.8 Å². The Bertz CT molecular complexity index is 2330. The molecule has 1 aliphatic heterocycles. The summed E-state index contributed by atoms with van der Waals surface area (Å²) < 4.78 is 28.6. The fourth-order valence-electron chi connectivity index (χ4n) is 7.83. The predicted octanol–water partition coefficient (Wildman–Crippen LogP) is 8.97. The molecule has 3 atom stereocenters. The maximum absolute atomic E-state index is 13.7. The Kier molecular flexibility index (Phi) is 11.9. The SMILES string of the molecule is COc1ccc(C(OC[C@H]2O[C@@H](n3ccc(NSC(c4ccccc4)(c4ccccc4)c4ccccc4)nc3=O)C[C@@H]2O)(c2ccccc2)c2ccc(OC)cc2)cc1. The first-order valence-corrected chi connectivity index (χ1v) is 20.3. The molecule has 8 rings (SSSR count). The van der Waals surface area contributed by atoms with Crippen LogP contribution in [0.5, 0.6) is 11.5 Å². The van der Waals surface area contributed by atoms with E-state index in [0.29, 0.717) is 17.3 Å². The smallest absolute Gasteiger partial charge is 0.351 e. The average Bonchev–Trinajstić information content (AvgIpc) is 3.68. The van der Waals surface area contributed by atoms with Crippen LogP contribution in [0.25, 0.3) is 0 Å². The number of hydrogen-bond acceptors (Lipinski definition) is 9. The molecule has 0 saturated carbocycles. The van der Waals surface area contributed by atoms with Gasteiger partial charge in [0.05, 0.1) is 26.9 Å². The monoisotopic (exact) mass is 803 g/mol. The maximum Gasteiger partial charge on any atom is 0.351 e. The van der Waals surface area contributed by atoms with E-state index < -0.39 is 34.5 Å². The molecule has 298 valence electrons. The van der Waals surface area contributed by atoms with E-state index in [9.17, 15) is 9.90 Å². The number of ether oxygens (including phenoxy) is 4. The first-order chi connectivity index (χ1) is 28.9. The third-order valence-electron chi connectivity index (χ3n) is 10.8. The highest BCUT2D eigenvalue weighted by molar-refractivity contribution is 8.01. The molecule has 1 aromatic heterocycles. The molecule has 1 saturated heterocycles. The number of benzene rings is 6. The van der Waals surface area contributed by atoms with Gasteiger partial charge in [-0.1, -0.05) is 146 Å². The third-order valence-corrected chi connectivity index (χ3v) is 12.2. The van der Waals surface area contributed by atoms with Gasteiger partial charge in [0.15, 0.2) is 0 Å². The highest BCUT2D eigenvalue weighted by Crippen LogP contribution is 2.48. The van der Waals surface area contributed by atoms with Crippen LogP contribution < -0.4 is 19.9 Å². The molecule has 1 fully saturated rings. The van der Waals surface area contributed by atoms with Gasteiger partial charge in [-0.3, -0.25) is 4.57 Å². The van der Waals surface area contributed by atoms with Gasteiger partial charge in [-0.2, -0.15) is 4.98 Å². The number of aliphatic hydroxyl groups is 1. The summed E-state index contributed by atoms with van der Waals surface area (Å²) in [5.74, 6) is 1.82. The summed E-state index contributed by atoms with van der Waals surface area (Å²) in [5, 5.41) is 11.4. The van der Waals surface area contributed by atoms with E-state index in [4.69, 9.17) is 18.9 Å². The van der Waals surface area contributed by atoms with Gasteiger partial charge in [0.2, 0.25) is 0 Å². The second-order valence-electron chi connectivity index (χ2n) is 14.2. The molecule has 0 aliphatic carbocycles. The minimum absolute atomic E-state index is 0.0175. The van der Waals surface area contributed by atoms with Crippen LogP contribution in [-0.4, -0.2) is 47.7 Å². The van der Waals surface area contributed by atoms with Gasteiger partial charge in [-0.05, 0) is 75.7 Å². The van der Waals surface area contributed by atoms with Crippen molar-refractivity contribution in [3.05, 3.63) is 226 Å². The van der Waals surface area contributed by atoms with Crippen molar-refractivity contribution in [2.24, 2.45) is 0 Å². The van der Waals surface area contributed by atoms with Crippen LogP contribution in [0.2, 0.25) is 0 Å². The topological polar surface area (TPSA) is 104 Å². The summed E-state index contributed by atoms with van der Waals surface area (Å²) in [4.78, 5) is 18.2. The molecular weight excluding hydrogens is 759 g/mol.